The topological polar surface area (TPSA) is 110 Å². The van der Waals surface area contributed by atoms with E-state index in [0.717, 1.165) is 0 Å². The van der Waals surface area contributed by atoms with Crippen LogP contribution in [0.5, 0.6) is 0 Å². The molecule has 8 nitrogen and oxygen atoms in total. The van der Waals surface area contributed by atoms with Gasteiger partial charge in [0.05, 0.1) is 11.6 Å². The number of hydrogen-bond donors (Lipinski definition) is 2. The van der Waals surface area contributed by atoms with Gasteiger partial charge in [-0.2, -0.15) is 5.10 Å². The van der Waals surface area contributed by atoms with Crippen LogP contribution in [0.1, 0.15) is 5.82 Å². The zero-order chi connectivity index (χ0) is 10.8. The molecule has 0 aliphatic rings. The van der Waals surface area contributed by atoms with Crippen LogP contribution in [0.25, 0.3) is 11.0 Å². The minimum atomic E-state index is -0.475. The average Bonchev–Trinajstić information content (AvgIpc) is 2.63. The molecule has 0 aromatic carbocycles. The van der Waals surface area contributed by atoms with Gasteiger partial charge in [-0.25, -0.2) is 9.97 Å². The van der Waals surface area contributed by atoms with Crippen molar-refractivity contribution < 1.29 is 4.92 Å². The Morgan fingerprint density at radius 2 is 2.40 bits per heavy atom. The monoisotopic (exact) mass is 208 g/mol. The molecule has 0 radical (unpaired) electrons. The van der Waals surface area contributed by atoms with Gasteiger partial charge >= 0.3 is 0 Å². The van der Waals surface area contributed by atoms with Crippen LogP contribution in [0.2, 0.25) is 0 Å². The maximum Gasteiger partial charge on any atom is 0.262 e. The van der Waals surface area contributed by atoms with E-state index >= 15 is 0 Å². The van der Waals surface area contributed by atoms with Crippen LogP contribution < -0.4 is 5.32 Å². The second kappa shape index (κ2) is 3.48. The molecule has 0 saturated carbocycles. The van der Waals surface area contributed by atoms with Gasteiger partial charge in [-0.1, -0.05) is 0 Å². The molecule has 8 heteroatoms. The zero-order valence-electron chi connectivity index (χ0n) is 7.89. The summed E-state index contributed by atoms with van der Waals surface area (Å²) in [5.41, 5.74) is 0.492. The average molecular weight is 208 g/mol. The largest absolute Gasteiger partial charge is 0.372 e. The number of hydrogen-bond acceptors (Lipinski definition) is 6. The van der Waals surface area contributed by atoms with Crippen molar-refractivity contribution in [3.63, 3.8) is 0 Å². The lowest BCUT2D eigenvalue weighted by atomic mass is 10.4. The van der Waals surface area contributed by atoms with Crippen molar-refractivity contribution in [1.29, 1.82) is 0 Å². The Morgan fingerprint density at radius 1 is 1.60 bits per heavy atom. The normalized spacial score (nSPS) is 10.5. The van der Waals surface area contributed by atoms with Crippen LogP contribution in [0.15, 0.2) is 6.20 Å². The van der Waals surface area contributed by atoms with Crippen LogP contribution in [-0.4, -0.2) is 32.1 Å². The van der Waals surface area contributed by atoms with Crippen molar-refractivity contribution in [1.82, 2.24) is 20.2 Å². The molecule has 2 aromatic heterocycles. The third kappa shape index (κ3) is 1.68. The molecule has 0 unspecified atom stereocenters. The molecule has 78 valence electrons. The van der Waals surface area contributed by atoms with E-state index in [9.17, 15) is 10.1 Å². The molecule has 0 atom stereocenters. The molecule has 0 amide bonds. The van der Waals surface area contributed by atoms with Crippen molar-refractivity contribution in [2.45, 2.75) is 6.54 Å². The van der Waals surface area contributed by atoms with E-state index in [1.807, 2.05) is 0 Å². The Morgan fingerprint density at radius 3 is 3.07 bits per heavy atom. The molecule has 2 aromatic rings. The van der Waals surface area contributed by atoms with Crippen molar-refractivity contribution in [3.05, 3.63) is 22.1 Å². The molecule has 2 rings (SSSR count). The standard InChI is InChI=1S/C7H8N6O2/c1-8-6-4-2-9-12-7(4)11-5(10-6)3-13(14)15/h2H,3H2,1H3,(H2,8,9,10,11,12). The summed E-state index contributed by atoms with van der Waals surface area (Å²) >= 11 is 0. The Labute approximate surface area is 83.9 Å². The molecule has 0 fully saturated rings. The van der Waals surface area contributed by atoms with E-state index < -0.39 is 11.5 Å². The van der Waals surface area contributed by atoms with Gasteiger partial charge in [-0.3, -0.25) is 15.2 Å². The Bertz CT molecular complexity index is 507. The van der Waals surface area contributed by atoms with Crippen molar-refractivity contribution >= 4 is 16.9 Å². The van der Waals surface area contributed by atoms with E-state index in [1.165, 1.54) is 0 Å². The Hall–Kier alpha value is -2.25. The summed E-state index contributed by atoms with van der Waals surface area (Å²) in [5, 5.41) is 20.3. The van der Waals surface area contributed by atoms with Crippen LogP contribution in [0.4, 0.5) is 5.82 Å². The molecule has 0 spiro atoms. The summed E-state index contributed by atoms with van der Waals surface area (Å²) in [5.74, 6) is 0.687. The van der Waals surface area contributed by atoms with E-state index in [0.29, 0.717) is 16.9 Å². The highest BCUT2D eigenvalue weighted by Gasteiger charge is 2.11. The predicted octanol–water partition coefficient (Wildman–Crippen LogP) is 0.171. The summed E-state index contributed by atoms with van der Waals surface area (Å²) in [6.45, 7) is -0.399. The fourth-order valence-electron chi connectivity index (χ4n) is 1.26. The van der Waals surface area contributed by atoms with Gasteiger partial charge in [0.15, 0.2) is 5.65 Å². The lowest BCUT2D eigenvalue weighted by Crippen LogP contribution is -2.06. The SMILES string of the molecule is CNc1nc(C[N+](=O)[O-])nc2[nH]ncc12. The van der Waals surface area contributed by atoms with Crippen molar-refractivity contribution in [2.75, 3.05) is 12.4 Å². The van der Waals surface area contributed by atoms with Gasteiger partial charge < -0.3 is 5.32 Å². The molecular formula is C7H8N6O2. The van der Waals surface area contributed by atoms with E-state index in [2.05, 4.69) is 25.5 Å². The van der Waals surface area contributed by atoms with Gasteiger partial charge in [0.2, 0.25) is 5.82 Å². The van der Waals surface area contributed by atoms with Crippen LogP contribution >= 0.6 is 0 Å². The molecule has 15 heavy (non-hydrogen) atoms. The van der Waals surface area contributed by atoms with E-state index in [4.69, 9.17) is 0 Å². The molecule has 0 aliphatic carbocycles. The predicted molar refractivity (Wildman–Crippen MR) is 51.9 cm³/mol. The van der Waals surface area contributed by atoms with Gasteiger partial charge in [0.25, 0.3) is 6.54 Å². The highest BCUT2D eigenvalue weighted by atomic mass is 16.6. The fourth-order valence-corrected chi connectivity index (χ4v) is 1.26. The highest BCUT2D eigenvalue weighted by molar-refractivity contribution is 5.85. The fraction of sp³-hybridized carbons (Fsp3) is 0.286. The first-order valence-electron chi connectivity index (χ1n) is 4.20. The number of aromatic nitrogens is 4. The number of anilines is 1. The van der Waals surface area contributed by atoms with Crippen molar-refractivity contribution in [2.24, 2.45) is 0 Å². The Balaban J connectivity index is 2.53. The van der Waals surface area contributed by atoms with Crippen LogP contribution in [0, 0.1) is 10.1 Å². The lowest BCUT2D eigenvalue weighted by molar-refractivity contribution is -0.498. The molecule has 2 N–H and O–H groups in total. The molecule has 2 heterocycles. The first-order valence-corrected chi connectivity index (χ1v) is 4.20. The number of nitrogens with one attached hydrogen (secondary N) is 2. The summed E-state index contributed by atoms with van der Waals surface area (Å²) < 4.78 is 0. The van der Waals surface area contributed by atoms with E-state index in [1.54, 1.807) is 13.2 Å². The Kier molecular flexibility index (Phi) is 2.16. The molecule has 0 bridgehead atoms. The minimum Gasteiger partial charge on any atom is -0.372 e. The van der Waals surface area contributed by atoms with Gasteiger partial charge in [0.1, 0.15) is 5.82 Å². The van der Waals surface area contributed by atoms with E-state index in [-0.39, 0.29) is 5.82 Å². The molecule has 0 saturated heterocycles. The van der Waals surface area contributed by atoms with Crippen molar-refractivity contribution in [3.8, 4) is 0 Å². The first-order chi connectivity index (χ1) is 7.20. The maximum absolute atomic E-state index is 10.3. The van der Waals surface area contributed by atoms with Gasteiger partial charge in [0, 0.05) is 12.0 Å². The maximum atomic E-state index is 10.3. The zero-order valence-corrected chi connectivity index (χ0v) is 7.89. The number of nitrogens with zero attached hydrogens (tertiary/aromatic N) is 4. The molecular weight excluding hydrogens is 200 g/mol. The number of fused-ring (bicyclic) bond motifs is 1. The third-order valence-electron chi connectivity index (χ3n) is 1.86. The minimum absolute atomic E-state index is 0.154. The summed E-state index contributed by atoms with van der Waals surface area (Å²) in [7, 11) is 1.69. The quantitative estimate of drug-likeness (QED) is 0.549. The number of rotatable bonds is 3. The van der Waals surface area contributed by atoms with Crippen LogP contribution in [-0.2, 0) is 6.54 Å². The van der Waals surface area contributed by atoms with Gasteiger partial charge in [-0.15, -0.1) is 0 Å². The number of aromatic amines is 1. The highest BCUT2D eigenvalue weighted by Crippen LogP contribution is 2.17. The summed E-state index contributed by atoms with van der Waals surface area (Å²) in [6.07, 6.45) is 1.57. The smallest absolute Gasteiger partial charge is 0.262 e. The third-order valence-corrected chi connectivity index (χ3v) is 1.86. The summed E-state index contributed by atoms with van der Waals surface area (Å²) in [6, 6.07) is 0. The second-order valence-corrected chi connectivity index (χ2v) is 2.86. The lowest BCUT2D eigenvalue weighted by Gasteiger charge is -2.01. The molecule has 0 aliphatic heterocycles. The first kappa shape index (κ1) is 9.31. The number of nitro groups is 1. The number of H-pyrrole nitrogens is 1. The van der Waals surface area contributed by atoms with Crippen LogP contribution in [0.3, 0.4) is 0 Å². The van der Waals surface area contributed by atoms with Gasteiger partial charge in [-0.05, 0) is 0 Å². The summed E-state index contributed by atoms with van der Waals surface area (Å²) in [4.78, 5) is 17.8. The second-order valence-electron chi connectivity index (χ2n) is 2.86.